The van der Waals surface area contributed by atoms with E-state index in [1.165, 1.54) is 5.56 Å². The highest BCUT2D eigenvalue weighted by Crippen LogP contribution is 2.21. The molecule has 0 radical (unpaired) electrons. The second kappa shape index (κ2) is 7.97. The highest BCUT2D eigenvalue weighted by Gasteiger charge is 2.30. The first-order valence-electron chi connectivity index (χ1n) is 5.91. The Bertz CT molecular complexity index is 327. The van der Waals surface area contributed by atoms with Crippen LogP contribution in [0.4, 0.5) is 0 Å². The summed E-state index contributed by atoms with van der Waals surface area (Å²) >= 11 is 0. The van der Waals surface area contributed by atoms with Gasteiger partial charge in [-0.25, -0.2) is 0 Å². The van der Waals surface area contributed by atoms with Crippen LogP contribution in [-0.4, -0.2) is 35.2 Å². The Labute approximate surface area is 121 Å². The molecule has 104 valence electrons. The van der Waals surface area contributed by atoms with Crippen LogP contribution in [0.15, 0.2) is 30.3 Å². The first kappa shape index (κ1) is 17.7. The molecule has 3 N–H and O–H groups in total. The number of benzene rings is 1. The Morgan fingerprint density at radius 3 is 2.17 bits per heavy atom. The minimum absolute atomic E-state index is 0. The van der Waals surface area contributed by atoms with E-state index in [4.69, 9.17) is 5.73 Å². The van der Waals surface area contributed by atoms with Crippen molar-refractivity contribution in [2.45, 2.75) is 25.0 Å². The molecule has 0 amide bonds. The number of aliphatic hydroxyl groups is 1. The van der Waals surface area contributed by atoms with Crippen LogP contribution >= 0.6 is 24.8 Å². The van der Waals surface area contributed by atoms with Crippen molar-refractivity contribution in [3.05, 3.63) is 35.9 Å². The Kier molecular flexibility index (Phi) is 7.83. The number of piperidine rings is 1. The molecule has 1 saturated heterocycles. The minimum Gasteiger partial charge on any atom is -0.388 e. The topological polar surface area (TPSA) is 49.5 Å². The van der Waals surface area contributed by atoms with Crippen molar-refractivity contribution in [1.82, 2.24) is 4.90 Å². The summed E-state index contributed by atoms with van der Waals surface area (Å²) in [5.74, 6) is 0. The molecule has 1 aliphatic heterocycles. The molecule has 3 nitrogen and oxygen atoms in total. The molecule has 0 aromatic heterocycles. The molecule has 0 spiro atoms. The lowest BCUT2D eigenvalue weighted by Gasteiger charge is -2.37. The van der Waals surface area contributed by atoms with Crippen molar-refractivity contribution in [3.63, 3.8) is 0 Å². The van der Waals surface area contributed by atoms with Gasteiger partial charge >= 0.3 is 0 Å². The second-order valence-corrected chi connectivity index (χ2v) is 4.69. The standard InChI is InChI=1S/C13H20N2O.2ClH/c14-11-13(16)6-8-15(9-7-13)10-12-4-2-1-3-5-12;;/h1-5,16H,6-11,14H2;2*1H. The predicted molar refractivity (Wildman–Crippen MR) is 79.5 cm³/mol. The van der Waals surface area contributed by atoms with Crippen molar-refractivity contribution >= 4 is 24.8 Å². The summed E-state index contributed by atoms with van der Waals surface area (Å²) in [5.41, 5.74) is 6.28. The monoisotopic (exact) mass is 292 g/mol. The molecular formula is C13H22Cl2N2O. The molecule has 1 aromatic rings. The molecule has 2 rings (SSSR count). The zero-order valence-corrected chi connectivity index (χ0v) is 12.1. The largest absolute Gasteiger partial charge is 0.388 e. The Balaban J connectivity index is 0.00000144. The zero-order chi connectivity index (χ0) is 11.4. The van der Waals surface area contributed by atoms with Gasteiger partial charge in [0.1, 0.15) is 0 Å². The van der Waals surface area contributed by atoms with E-state index in [-0.39, 0.29) is 24.8 Å². The first-order chi connectivity index (χ1) is 7.72. The third kappa shape index (κ3) is 4.75. The van der Waals surface area contributed by atoms with Crippen LogP contribution in [0.1, 0.15) is 18.4 Å². The molecule has 1 fully saturated rings. The van der Waals surface area contributed by atoms with E-state index >= 15 is 0 Å². The molecule has 0 atom stereocenters. The molecular weight excluding hydrogens is 271 g/mol. The maximum Gasteiger partial charge on any atom is 0.0793 e. The maximum absolute atomic E-state index is 10.0. The minimum atomic E-state index is -0.618. The van der Waals surface area contributed by atoms with Crippen LogP contribution in [-0.2, 0) is 6.54 Å². The number of halogens is 2. The average molecular weight is 293 g/mol. The number of likely N-dealkylation sites (tertiary alicyclic amines) is 1. The molecule has 1 aliphatic rings. The molecule has 0 saturated carbocycles. The van der Waals surface area contributed by atoms with Crippen molar-refractivity contribution < 1.29 is 5.11 Å². The van der Waals surface area contributed by atoms with Crippen LogP contribution in [0, 0.1) is 0 Å². The number of nitrogens with zero attached hydrogens (tertiary/aromatic N) is 1. The van der Waals surface area contributed by atoms with E-state index in [0.29, 0.717) is 6.54 Å². The Hall–Kier alpha value is -0.320. The van der Waals surface area contributed by atoms with E-state index in [2.05, 4.69) is 29.2 Å². The lowest BCUT2D eigenvalue weighted by molar-refractivity contribution is -0.0153. The summed E-state index contributed by atoms with van der Waals surface area (Å²) in [4.78, 5) is 2.37. The van der Waals surface area contributed by atoms with Gasteiger partial charge in [0, 0.05) is 26.2 Å². The van der Waals surface area contributed by atoms with Crippen molar-refractivity contribution in [2.75, 3.05) is 19.6 Å². The van der Waals surface area contributed by atoms with Crippen LogP contribution in [0.5, 0.6) is 0 Å². The van der Waals surface area contributed by atoms with Crippen LogP contribution in [0.2, 0.25) is 0 Å². The first-order valence-corrected chi connectivity index (χ1v) is 5.91. The summed E-state index contributed by atoms with van der Waals surface area (Å²) in [6.07, 6.45) is 1.58. The molecule has 5 heteroatoms. The van der Waals surface area contributed by atoms with E-state index in [0.717, 1.165) is 32.5 Å². The highest BCUT2D eigenvalue weighted by molar-refractivity contribution is 5.85. The summed E-state index contributed by atoms with van der Waals surface area (Å²) in [6, 6.07) is 10.4. The van der Waals surface area contributed by atoms with Crippen LogP contribution < -0.4 is 5.73 Å². The van der Waals surface area contributed by atoms with Gasteiger partial charge in [-0.1, -0.05) is 30.3 Å². The smallest absolute Gasteiger partial charge is 0.0793 e. The molecule has 0 aliphatic carbocycles. The normalized spacial score (nSPS) is 18.6. The lowest BCUT2D eigenvalue weighted by Crippen LogP contribution is -2.48. The second-order valence-electron chi connectivity index (χ2n) is 4.69. The molecule has 1 aromatic carbocycles. The number of hydrogen-bond donors (Lipinski definition) is 2. The quantitative estimate of drug-likeness (QED) is 0.893. The van der Waals surface area contributed by atoms with Gasteiger partial charge < -0.3 is 10.8 Å². The average Bonchev–Trinajstić information content (AvgIpc) is 2.34. The van der Waals surface area contributed by atoms with Gasteiger partial charge in [-0.15, -0.1) is 24.8 Å². The maximum atomic E-state index is 10.0. The van der Waals surface area contributed by atoms with Gasteiger partial charge in [0.25, 0.3) is 0 Å². The molecule has 0 bridgehead atoms. The fraction of sp³-hybridized carbons (Fsp3) is 0.538. The Morgan fingerprint density at radius 1 is 1.11 bits per heavy atom. The van der Waals surface area contributed by atoms with E-state index in [9.17, 15) is 5.11 Å². The predicted octanol–water partition coefficient (Wildman–Crippen LogP) is 1.82. The van der Waals surface area contributed by atoms with Crippen LogP contribution in [0.25, 0.3) is 0 Å². The molecule has 18 heavy (non-hydrogen) atoms. The molecule has 0 unspecified atom stereocenters. The van der Waals surface area contributed by atoms with Crippen molar-refractivity contribution in [2.24, 2.45) is 5.73 Å². The number of hydrogen-bond acceptors (Lipinski definition) is 3. The van der Waals surface area contributed by atoms with Crippen LogP contribution in [0.3, 0.4) is 0 Å². The van der Waals surface area contributed by atoms with Gasteiger partial charge in [0.15, 0.2) is 0 Å². The number of nitrogens with two attached hydrogens (primary N) is 1. The third-order valence-electron chi connectivity index (χ3n) is 3.42. The fourth-order valence-electron chi connectivity index (χ4n) is 2.17. The van der Waals surface area contributed by atoms with E-state index in [1.54, 1.807) is 0 Å². The summed E-state index contributed by atoms with van der Waals surface area (Å²) in [7, 11) is 0. The fourth-order valence-corrected chi connectivity index (χ4v) is 2.17. The Morgan fingerprint density at radius 2 is 1.67 bits per heavy atom. The lowest BCUT2D eigenvalue weighted by atomic mass is 9.91. The van der Waals surface area contributed by atoms with Crippen molar-refractivity contribution in [1.29, 1.82) is 0 Å². The van der Waals surface area contributed by atoms with Crippen molar-refractivity contribution in [3.8, 4) is 0 Å². The van der Waals surface area contributed by atoms with E-state index in [1.807, 2.05) is 6.07 Å². The summed E-state index contributed by atoms with van der Waals surface area (Å²) < 4.78 is 0. The third-order valence-corrected chi connectivity index (χ3v) is 3.42. The van der Waals surface area contributed by atoms with Gasteiger partial charge in [-0.05, 0) is 18.4 Å². The summed E-state index contributed by atoms with van der Waals surface area (Å²) in [5, 5.41) is 10.0. The highest BCUT2D eigenvalue weighted by atomic mass is 35.5. The van der Waals surface area contributed by atoms with Gasteiger partial charge in [-0.3, -0.25) is 4.90 Å². The zero-order valence-electron chi connectivity index (χ0n) is 10.4. The number of rotatable bonds is 3. The van der Waals surface area contributed by atoms with Gasteiger partial charge in [-0.2, -0.15) is 0 Å². The summed E-state index contributed by atoms with van der Waals surface area (Å²) in [6.45, 7) is 3.22. The van der Waals surface area contributed by atoms with E-state index < -0.39 is 5.60 Å². The molecule has 1 heterocycles. The van der Waals surface area contributed by atoms with Gasteiger partial charge in [0.2, 0.25) is 0 Å². The van der Waals surface area contributed by atoms with Gasteiger partial charge in [0.05, 0.1) is 5.60 Å². The SMILES string of the molecule is Cl.Cl.NCC1(O)CCN(Cc2ccccc2)CC1.